The summed E-state index contributed by atoms with van der Waals surface area (Å²) in [7, 11) is 0. The zero-order chi connectivity index (χ0) is 18.6. The van der Waals surface area contributed by atoms with Gasteiger partial charge in [0.2, 0.25) is 0 Å². The Kier molecular flexibility index (Phi) is 5.91. The third-order valence-electron chi connectivity index (χ3n) is 5.80. The lowest BCUT2D eigenvalue weighted by molar-refractivity contribution is 0.0696. The molecule has 2 aliphatic heterocycles. The van der Waals surface area contributed by atoms with E-state index in [1.807, 2.05) is 23.5 Å². The molecular formula is C22H28N2O2S. The molecule has 3 heterocycles. The van der Waals surface area contributed by atoms with Crippen LogP contribution in [-0.4, -0.2) is 47.1 Å². The Morgan fingerprint density at radius 2 is 1.89 bits per heavy atom. The third-order valence-corrected chi connectivity index (χ3v) is 6.77. The second-order valence-electron chi connectivity index (χ2n) is 7.91. The second kappa shape index (κ2) is 8.55. The zero-order valence-corrected chi connectivity index (χ0v) is 16.6. The molecule has 0 amide bonds. The second-order valence-corrected chi connectivity index (χ2v) is 8.91. The van der Waals surface area contributed by atoms with Crippen molar-refractivity contribution in [3.05, 3.63) is 57.3 Å². The Morgan fingerprint density at radius 1 is 1.07 bits per heavy atom. The van der Waals surface area contributed by atoms with Crippen molar-refractivity contribution < 1.29 is 9.90 Å². The minimum Gasteiger partial charge on any atom is -0.478 e. The maximum Gasteiger partial charge on any atom is 0.335 e. The molecule has 4 rings (SSSR count). The Balaban J connectivity index is 1.36. The van der Waals surface area contributed by atoms with Crippen LogP contribution in [0.2, 0.25) is 0 Å². The van der Waals surface area contributed by atoms with Gasteiger partial charge in [0.15, 0.2) is 0 Å². The molecule has 0 radical (unpaired) electrons. The van der Waals surface area contributed by atoms with Gasteiger partial charge in [0.1, 0.15) is 0 Å². The topological polar surface area (TPSA) is 43.8 Å². The van der Waals surface area contributed by atoms with Crippen molar-refractivity contribution in [3.63, 3.8) is 0 Å². The Hall–Kier alpha value is -1.69. The first-order chi connectivity index (χ1) is 13.2. The fourth-order valence-corrected chi connectivity index (χ4v) is 5.33. The minimum atomic E-state index is -0.839. The molecule has 0 bridgehead atoms. The first-order valence-corrected chi connectivity index (χ1v) is 10.9. The quantitative estimate of drug-likeness (QED) is 0.801. The van der Waals surface area contributed by atoms with Gasteiger partial charge in [-0.15, -0.1) is 11.3 Å². The maximum absolute atomic E-state index is 11.3. The molecule has 1 N–H and O–H groups in total. The van der Waals surface area contributed by atoms with Crippen LogP contribution in [0.1, 0.15) is 58.0 Å². The van der Waals surface area contributed by atoms with Crippen LogP contribution in [0.5, 0.6) is 0 Å². The molecule has 4 nitrogen and oxygen atoms in total. The molecule has 1 atom stereocenters. The molecule has 2 aromatic rings. The fourth-order valence-electron chi connectivity index (χ4n) is 4.41. The van der Waals surface area contributed by atoms with E-state index >= 15 is 0 Å². The SMILES string of the molecule is O=C(O)c1cccc([C@@H]2CCCN(Cc3cc(CN4CCCC4)cs3)C2)c1. The number of rotatable bonds is 6. The summed E-state index contributed by atoms with van der Waals surface area (Å²) in [6, 6.07) is 9.88. The van der Waals surface area contributed by atoms with E-state index in [2.05, 4.69) is 27.3 Å². The van der Waals surface area contributed by atoms with Gasteiger partial charge >= 0.3 is 5.97 Å². The van der Waals surface area contributed by atoms with Crippen LogP contribution >= 0.6 is 11.3 Å². The molecule has 2 saturated heterocycles. The normalized spacial score (nSPS) is 21.6. The lowest BCUT2D eigenvalue weighted by atomic mass is 9.89. The van der Waals surface area contributed by atoms with E-state index in [0.717, 1.165) is 32.6 Å². The van der Waals surface area contributed by atoms with Gasteiger partial charge in [-0.3, -0.25) is 9.80 Å². The number of hydrogen-bond acceptors (Lipinski definition) is 4. The Morgan fingerprint density at radius 3 is 2.70 bits per heavy atom. The van der Waals surface area contributed by atoms with Crippen LogP contribution in [0, 0.1) is 0 Å². The van der Waals surface area contributed by atoms with E-state index in [4.69, 9.17) is 0 Å². The number of piperidine rings is 1. The van der Waals surface area contributed by atoms with Gasteiger partial charge in [-0.25, -0.2) is 4.79 Å². The zero-order valence-electron chi connectivity index (χ0n) is 15.8. The standard InChI is InChI=1S/C22H28N2O2S/c25-22(26)19-6-3-5-18(12-19)20-7-4-10-24(14-20)15-21-11-17(16-27-21)13-23-8-1-2-9-23/h3,5-6,11-12,16,20H,1-2,4,7-10,13-15H2,(H,25,26)/t20-/m1/s1. The smallest absolute Gasteiger partial charge is 0.335 e. The number of aromatic carboxylic acids is 1. The molecule has 2 fully saturated rings. The number of carboxylic acids is 1. The summed E-state index contributed by atoms with van der Waals surface area (Å²) in [4.78, 5) is 17.8. The highest BCUT2D eigenvalue weighted by Crippen LogP contribution is 2.29. The fraction of sp³-hybridized carbons (Fsp3) is 0.500. The molecule has 144 valence electrons. The molecule has 0 saturated carbocycles. The summed E-state index contributed by atoms with van der Waals surface area (Å²) < 4.78 is 0. The van der Waals surface area contributed by atoms with Crippen molar-refractivity contribution in [1.82, 2.24) is 9.80 Å². The van der Waals surface area contributed by atoms with E-state index in [-0.39, 0.29) is 0 Å². The molecular weight excluding hydrogens is 356 g/mol. The van der Waals surface area contributed by atoms with Crippen molar-refractivity contribution in [2.45, 2.75) is 44.7 Å². The molecule has 0 spiro atoms. The van der Waals surface area contributed by atoms with E-state index in [1.54, 1.807) is 6.07 Å². The van der Waals surface area contributed by atoms with Gasteiger partial charge in [0.05, 0.1) is 5.56 Å². The van der Waals surface area contributed by atoms with Crippen LogP contribution in [0.4, 0.5) is 0 Å². The van der Waals surface area contributed by atoms with Crippen LogP contribution in [0.3, 0.4) is 0 Å². The van der Waals surface area contributed by atoms with Crippen LogP contribution in [0.15, 0.2) is 35.7 Å². The van der Waals surface area contributed by atoms with Gasteiger partial charge in [0.25, 0.3) is 0 Å². The molecule has 2 aliphatic rings. The number of thiophene rings is 1. The lowest BCUT2D eigenvalue weighted by Crippen LogP contribution is -2.33. The van der Waals surface area contributed by atoms with Gasteiger partial charge in [0, 0.05) is 24.5 Å². The van der Waals surface area contributed by atoms with Gasteiger partial charge < -0.3 is 5.11 Å². The highest BCUT2D eigenvalue weighted by Gasteiger charge is 2.22. The molecule has 5 heteroatoms. The number of nitrogens with zero attached hydrogens (tertiary/aromatic N) is 2. The van der Waals surface area contributed by atoms with Crippen molar-refractivity contribution in [2.24, 2.45) is 0 Å². The highest BCUT2D eigenvalue weighted by atomic mass is 32.1. The first kappa shape index (κ1) is 18.7. The van der Waals surface area contributed by atoms with Crippen LogP contribution in [-0.2, 0) is 13.1 Å². The average molecular weight is 385 g/mol. The van der Waals surface area contributed by atoms with Gasteiger partial charge in [-0.2, -0.15) is 0 Å². The van der Waals surface area contributed by atoms with Crippen LogP contribution < -0.4 is 0 Å². The average Bonchev–Trinajstić information content (AvgIpc) is 3.35. The van der Waals surface area contributed by atoms with Crippen molar-refractivity contribution in [1.29, 1.82) is 0 Å². The van der Waals surface area contributed by atoms with Gasteiger partial charge in [-0.05, 0) is 85.9 Å². The van der Waals surface area contributed by atoms with E-state index in [0.29, 0.717) is 11.5 Å². The summed E-state index contributed by atoms with van der Waals surface area (Å²) in [5, 5.41) is 11.6. The third kappa shape index (κ3) is 4.78. The Labute approximate surface area is 165 Å². The predicted octanol–water partition coefficient (Wildman–Crippen LogP) is 4.42. The van der Waals surface area contributed by atoms with E-state index < -0.39 is 5.97 Å². The van der Waals surface area contributed by atoms with E-state index in [1.165, 1.54) is 48.4 Å². The summed E-state index contributed by atoms with van der Waals surface area (Å²) in [6.07, 6.45) is 5.00. The van der Waals surface area contributed by atoms with Crippen LogP contribution in [0.25, 0.3) is 0 Å². The molecule has 27 heavy (non-hydrogen) atoms. The summed E-state index contributed by atoms with van der Waals surface area (Å²) in [6.45, 7) is 6.75. The molecule has 1 aromatic heterocycles. The van der Waals surface area contributed by atoms with Crippen molar-refractivity contribution in [2.75, 3.05) is 26.2 Å². The summed E-state index contributed by atoms with van der Waals surface area (Å²) >= 11 is 1.88. The summed E-state index contributed by atoms with van der Waals surface area (Å²) in [5.41, 5.74) is 3.02. The maximum atomic E-state index is 11.3. The first-order valence-electron chi connectivity index (χ1n) is 10.0. The lowest BCUT2D eigenvalue weighted by Gasteiger charge is -2.32. The van der Waals surface area contributed by atoms with Crippen molar-refractivity contribution in [3.8, 4) is 0 Å². The number of likely N-dealkylation sites (tertiary alicyclic amines) is 2. The van der Waals surface area contributed by atoms with E-state index in [9.17, 15) is 9.90 Å². The highest BCUT2D eigenvalue weighted by molar-refractivity contribution is 7.10. The molecule has 1 aromatic carbocycles. The number of hydrogen-bond donors (Lipinski definition) is 1. The molecule has 0 aliphatic carbocycles. The molecule has 0 unspecified atom stereocenters. The predicted molar refractivity (Wildman–Crippen MR) is 109 cm³/mol. The largest absolute Gasteiger partial charge is 0.478 e. The number of carbonyl (C=O) groups is 1. The van der Waals surface area contributed by atoms with Crippen molar-refractivity contribution >= 4 is 17.3 Å². The summed E-state index contributed by atoms with van der Waals surface area (Å²) in [5.74, 6) is -0.407. The number of benzene rings is 1. The minimum absolute atomic E-state index is 0.398. The Bertz CT molecular complexity index is 782. The monoisotopic (exact) mass is 384 g/mol. The number of carboxylic acid groups (broad SMARTS) is 1. The van der Waals surface area contributed by atoms with Gasteiger partial charge in [-0.1, -0.05) is 12.1 Å².